The Bertz CT molecular complexity index is 576. The van der Waals surface area contributed by atoms with E-state index in [9.17, 15) is 4.79 Å². The van der Waals surface area contributed by atoms with Gasteiger partial charge < -0.3 is 14.0 Å². The number of unbranched alkanes of at least 4 members (excludes halogenated alkanes) is 2. The van der Waals surface area contributed by atoms with Crippen molar-refractivity contribution in [3.05, 3.63) is 0 Å². The number of hydrogen-bond acceptors (Lipinski definition) is 3. The van der Waals surface area contributed by atoms with Crippen molar-refractivity contribution in [2.75, 3.05) is 27.2 Å². The maximum atomic E-state index is 13.1. The Kier molecular flexibility index (Phi) is 4.47. The van der Waals surface area contributed by atoms with Gasteiger partial charge in [0.05, 0.1) is 32.8 Å². The van der Waals surface area contributed by atoms with Crippen LogP contribution in [0.5, 0.6) is 0 Å². The van der Waals surface area contributed by atoms with Gasteiger partial charge in [0.25, 0.3) is 0 Å². The monoisotopic (exact) mass is 364 g/mol. The first kappa shape index (κ1) is 18.7. The van der Waals surface area contributed by atoms with E-state index >= 15 is 0 Å². The molecule has 4 rings (SSSR count). The SMILES string of the molecule is CCCCC[N+](C)(C)C[C@H]1C(=O)O[C@@]23[C@H](CC[C@@]4(C)O[C@@H]24)[C@H](C)CC[C@@H]13. The number of carbonyl (C=O) groups excluding carboxylic acids is 1. The Morgan fingerprint density at radius 2 is 1.92 bits per heavy atom. The highest BCUT2D eigenvalue weighted by atomic mass is 16.7. The zero-order chi connectivity index (χ0) is 18.7. The number of nitrogens with zero attached hydrogens (tertiary/aromatic N) is 1. The van der Waals surface area contributed by atoms with Gasteiger partial charge in [-0.3, -0.25) is 4.79 Å². The van der Waals surface area contributed by atoms with Gasteiger partial charge in [-0.1, -0.05) is 20.3 Å². The molecule has 2 heterocycles. The maximum absolute atomic E-state index is 13.1. The summed E-state index contributed by atoms with van der Waals surface area (Å²) in [7, 11) is 4.57. The Balaban J connectivity index is 1.57. The van der Waals surface area contributed by atoms with Gasteiger partial charge in [0.1, 0.15) is 17.6 Å². The van der Waals surface area contributed by atoms with Crippen molar-refractivity contribution in [3.8, 4) is 0 Å². The van der Waals surface area contributed by atoms with Crippen LogP contribution in [-0.2, 0) is 14.3 Å². The van der Waals surface area contributed by atoms with E-state index in [4.69, 9.17) is 9.47 Å². The molecule has 0 bridgehead atoms. The van der Waals surface area contributed by atoms with Crippen molar-refractivity contribution in [2.24, 2.45) is 23.7 Å². The Morgan fingerprint density at radius 1 is 1.15 bits per heavy atom. The average molecular weight is 365 g/mol. The van der Waals surface area contributed by atoms with Crippen LogP contribution in [0.25, 0.3) is 0 Å². The molecule has 2 aliphatic carbocycles. The first-order valence-electron chi connectivity index (χ1n) is 11.0. The van der Waals surface area contributed by atoms with E-state index in [-0.39, 0.29) is 29.2 Å². The van der Waals surface area contributed by atoms with Crippen LogP contribution in [0.15, 0.2) is 0 Å². The van der Waals surface area contributed by atoms with Crippen LogP contribution in [0.4, 0.5) is 0 Å². The van der Waals surface area contributed by atoms with Crippen LogP contribution in [0.1, 0.15) is 65.7 Å². The third-order valence-corrected chi connectivity index (χ3v) is 8.15. The van der Waals surface area contributed by atoms with Gasteiger partial charge in [-0.05, 0) is 51.4 Å². The van der Waals surface area contributed by atoms with Crippen LogP contribution in [-0.4, -0.2) is 54.9 Å². The molecule has 4 nitrogen and oxygen atoms in total. The van der Waals surface area contributed by atoms with E-state index in [1.54, 1.807) is 0 Å². The molecule has 0 aromatic rings. The van der Waals surface area contributed by atoms with E-state index in [0.29, 0.717) is 17.8 Å². The van der Waals surface area contributed by atoms with Gasteiger partial charge in [-0.25, -0.2) is 0 Å². The van der Waals surface area contributed by atoms with Crippen LogP contribution in [0.2, 0.25) is 0 Å². The molecule has 2 saturated heterocycles. The summed E-state index contributed by atoms with van der Waals surface area (Å²) in [6.07, 6.45) is 8.54. The zero-order valence-electron chi connectivity index (χ0n) is 17.4. The molecule has 4 fully saturated rings. The molecule has 0 amide bonds. The summed E-state index contributed by atoms with van der Waals surface area (Å²) in [5.74, 6) is 1.60. The van der Waals surface area contributed by atoms with E-state index in [1.807, 2.05) is 0 Å². The summed E-state index contributed by atoms with van der Waals surface area (Å²) in [5.41, 5.74) is -0.359. The summed E-state index contributed by atoms with van der Waals surface area (Å²) in [6.45, 7) is 8.90. The number of quaternary nitrogens is 1. The highest BCUT2D eigenvalue weighted by molar-refractivity contribution is 5.77. The Hall–Kier alpha value is -0.610. The zero-order valence-corrected chi connectivity index (χ0v) is 17.4. The molecule has 1 spiro atoms. The molecule has 0 unspecified atom stereocenters. The normalized spacial score (nSPS) is 47.0. The fraction of sp³-hybridized carbons (Fsp3) is 0.955. The van der Waals surface area contributed by atoms with E-state index in [0.717, 1.165) is 36.8 Å². The topological polar surface area (TPSA) is 38.8 Å². The van der Waals surface area contributed by atoms with Crippen molar-refractivity contribution < 1.29 is 18.8 Å². The number of ether oxygens (including phenoxy) is 2. The highest BCUT2D eigenvalue weighted by Gasteiger charge is 2.77. The summed E-state index contributed by atoms with van der Waals surface area (Å²) >= 11 is 0. The van der Waals surface area contributed by atoms with Gasteiger partial charge in [-0.15, -0.1) is 0 Å². The number of rotatable bonds is 6. The molecule has 2 saturated carbocycles. The number of hydrogen-bond donors (Lipinski definition) is 0. The molecule has 4 aliphatic rings. The summed E-state index contributed by atoms with van der Waals surface area (Å²) in [5, 5.41) is 0. The molecule has 0 aromatic heterocycles. The van der Waals surface area contributed by atoms with E-state index in [2.05, 4.69) is 34.9 Å². The third kappa shape index (κ3) is 2.74. The summed E-state index contributed by atoms with van der Waals surface area (Å²) in [4.78, 5) is 13.1. The lowest BCUT2D eigenvalue weighted by atomic mass is 9.55. The summed E-state index contributed by atoms with van der Waals surface area (Å²) in [6, 6.07) is 0. The quantitative estimate of drug-likeness (QED) is 0.312. The minimum atomic E-state index is -0.324. The van der Waals surface area contributed by atoms with E-state index in [1.165, 1.54) is 25.7 Å². The second-order valence-electron chi connectivity index (χ2n) is 10.5. The molecule has 4 heteroatoms. The van der Waals surface area contributed by atoms with Gasteiger partial charge in [0.2, 0.25) is 0 Å². The Labute approximate surface area is 159 Å². The van der Waals surface area contributed by atoms with Gasteiger partial charge >= 0.3 is 5.97 Å². The second-order valence-corrected chi connectivity index (χ2v) is 10.5. The second kappa shape index (κ2) is 6.20. The maximum Gasteiger partial charge on any atom is 0.315 e. The lowest BCUT2D eigenvalue weighted by molar-refractivity contribution is -0.893. The minimum Gasteiger partial charge on any atom is -0.455 e. The predicted molar refractivity (Wildman–Crippen MR) is 102 cm³/mol. The highest BCUT2D eigenvalue weighted by Crippen LogP contribution is 2.66. The average Bonchev–Trinajstić information content (AvgIpc) is 3.19. The lowest BCUT2D eigenvalue weighted by Crippen LogP contribution is -2.59. The first-order chi connectivity index (χ1) is 12.2. The fourth-order valence-corrected chi connectivity index (χ4v) is 6.67. The van der Waals surface area contributed by atoms with Crippen LogP contribution >= 0.6 is 0 Å². The smallest absolute Gasteiger partial charge is 0.315 e. The third-order valence-electron chi connectivity index (χ3n) is 8.15. The Morgan fingerprint density at radius 3 is 2.65 bits per heavy atom. The van der Waals surface area contributed by atoms with Crippen molar-refractivity contribution in [3.63, 3.8) is 0 Å². The predicted octanol–water partition coefficient (Wildman–Crippen LogP) is 3.78. The summed E-state index contributed by atoms with van der Waals surface area (Å²) < 4.78 is 13.5. The van der Waals surface area contributed by atoms with Crippen LogP contribution in [0, 0.1) is 23.7 Å². The molecular formula is C22H38NO3+. The molecular weight excluding hydrogens is 326 g/mol. The van der Waals surface area contributed by atoms with Crippen LogP contribution in [0.3, 0.4) is 0 Å². The van der Waals surface area contributed by atoms with E-state index < -0.39 is 0 Å². The number of carbonyl (C=O) groups is 1. The molecule has 148 valence electrons. The van der Waals surface area contributed by atoms with Crippen molar-refractivity contribution in [2.45, 2.75) is 83.0 Å². The van der Waals surface area contributed by atoms with Gasteiger partial charge in [-0.2, -0.15) is 0 Å². The molecule has 7 atom stereocenters. The molecule has 2 aliphatic heterocycles. The lowest BCUT2D eigenvalue weighted by Gasteiger charge is -2.50. The van der Waals surface area contributed by atoms with Crippen molar-refractivity contribution in [1.82, 2.24) is 0 Å². The first-order valence-corrected chi connectivity index (χ1v) is 11.0. The molecule has 0 radical (unpaired) electrons. The van der Waals surface area contributed by atoms with Crippen molar-refractivity contribution in [1.29, 1.82) is 0 Å². The van der Waals surface area contributed by atoms with Gasteiger partial charge in [0.15, 0.2) is 0 Å². The number of fused-ring (bicyclic) bond motifs is 1. The fourth-order valence-electron chi connectivity index (χ4n) is 6.67. The van der Waals surface area contributed by atoms with Gasteiger partial charge in [0, 0.05) is 11.8 Å². The van der Waals surface area contributed by atoms with Crippen molar-refractivity contribution >= 4 is 5.97 Å². The molecule has 26 heavy (non-hydrogen) atoms. The molecule has 0 N–H and O–H groups in total. The largest absolute Gasteiger partial charge is 0.455 e. The number of epoxide rings is 1. The standard InChI is InChI=1S/C22H38NO3/c1-6-7-8-13-23(4,5)14-16-18-10-9-15(2)17-11-12-21(3)20(26-21)22(17,18)25-19(16)24/h15-18,20H,6-14H2,1-5H3/q+1/t15-,16-,17-,18+,20-,21-,22-/m1/s1. The molecule has 0 aromatic carbocycles. The number of esters is 1. The minimum absolute atomic E-state index is 0.0352. The van der Waals surface area contributed by atoms with Crippen LogP contribution < -0.4 is 0 Å².